The van der Waals surface area contributed by atoms with Gasteiger partial charge in [-0.05, 0) is 6.42 Å². The van der Waals surface area contributed by atoms with Crippen molar-refractivity contribution in [1.82, 2.24) is 4.57 Å². The molecular formula is C8H15F6N2Sb. The normalized spacial score (nSPS) is 12.8. The number of imidazole rings is 1. The summed E-state index contributed by atoms with van der Waals surface area (Å²) >= 11 is -9.19. The van der Waals surface area contributed by atoms with Crippen LogP contribution in [0.15, 0.2) is 18.7 Å². The molecule has 0 saturated heterocycles. The number of halogens is 6. The Morgan fingerprint density at radius 2 is 1.65 bits per heavy atom. The van der Waals surface area contributed by atoms with Gasteiger partial charge in [0.15, 0.2) is 0 Å². The van der Waals surface area contributed by atoms with Crippen LogP contribution in [-0.2, 0) is 13.6 Å². The van der Waals surface area contributed by atoms with Gasteiger partial charge in [0.1, 0.15) is 12.4 Å². The number of unbranched alkanes of at least 4 members (excludes halogenated alkanes) is 1. The fourth-order valence-corrected chi connectivity index (χ4v) is 0.975. The van der Waals surface area contributed by atoms with Crippen LogP contribution in [0.5, 0.6) is 0 Å². The van der Waals surface area contributed by atoms with Crippen molar-refractivity contribution in [2.75, 3.05) is 0 Å². The monoisotopic (exact) mass is 374 g/mol. The van der Waals surface area contributed by atoms with Gasteiger partial charge in [0.25, 0.3) is 0 Å². The first-order valence-corrected chi connectivity index (χ1v) is 9.51. The van der Waals surface area contributed by atoms with Gasteiger partial charge >= 0.3 is 34.4 Å². The first-order chi connectivity index (χ1) is 7.06. The fourth-order valence-electron chi connectivity index (χ4n) is 0.975. The van der Waals surface area contributed by atoms with Crippen LogP contribution in [-0.4, -0.2) is 24.9 Å². The van der Waals surface area contributed by atoms with Gasteiger partial charge in [0, 0.05) is 0 Å². The summed E-state index contributed by atoms with van der Waals surface area (Å²) in [5.41, 5.74) is 0. The van der Waals surface area contributed by atoms with Gasteiger partial charge in [-0.15, -0.1) is 0 Å². The first-order valence-electron chi connectivity index (χ1n) is 4.68. The minimum atomic E-state index is -9.19. The van der Waals surface area contributed by atoms with E-state index in [1.807, 2.05) is 7.05 Å². The SMILES string of the molecule is CCCCn1cc[n+](C)c1.[F-].[F][Sb]([F])([F])([F])[F]. The third-order valence-corrected chi connectivity index (χ3v) is 1.59. The Morgan fingerprint density at radius 1 is 1.18 bits per heavy atom. The zero-order valence-electron chi connectivity index (χ0n) is 9.46. The summed E-state index contributed by atoms with van der Waals surface area (Å²) in [4.78, 5) is 0. The Morgan fingerprint density at radius 3 is 1.94 bits per heavy atom. The second kappa shape index (κ2) is 7.13. The predicted molar refractivity (Wildman–Crippen MR) is 51.8 cm³/mol. The van der Waals surface area contributed by atoms with E-state index >= 15 is 0 Å². The predicted octanol–water partition coefficient (Wildman–Crippen LogP) is -0.163. The van der Waals surface area contributed by atoms with Crippen LogP contribution in [0.25, 0.3) is 0 Å². The summed E-state index contributed by atoms with van der Waals surface area (Å²) in [5, 5.41) is 0. The Labute approximate surface area is 100 Å². The van der Waals surface area contributed by atoms with E-state index in [1.54, 1.807) is 0 Å². The molecule has 9 heteroatoms. The van der Waals surface area contributed by atoms with Crippen LogP contribution in [0.2, 0.25) is 0 Å². The molecule has 17 heavy (non-hydrogen) atoms. The van der Waals surface area contributed by atoms with Crippen LogP contribution in [0.4, 0.5) is 14.1 Å². The summed E-state index contributed by atoms with van der Waals surface area (Å²) < 4.78 is 53.8. The van der Waals surface area contributed by atoms with Crippen molar-refractivity contribution in [3.63, 3.8) is 0 Å². The van der Waals surface area contributed by atoms with E-state index in [1.165, 1.54) is 12.8 Å². The number of hydrogen-bond acceptors (Lipinski definition) is 0. The number of rotatable bonds is 3. The molecule has 1 heterocycles. The molecular weight excluding hydrogens is 360 g/mol. The van der Waals surface area contributed by atoms with Gasteiger partial charge in [-0.3, -0.25) is 0 Å². The van der Waals surface area contributed by atoms with E-state index in [4.69, 9.17) is 0 Å². The average molecular weight is 375 g/mol. The summed E-state index contributed by atoms with van der Waals surface area (Å²) in [6.45, 7) is 3.36. The zero-order valence-corrected chi connectivity index (χ0v) is 12.0. The molecule has 0 aliphatic carbocycles. The van der Waals surface area contributed by atoms with Gasteiger partial charge in [-0.1, -0.05) is 13.3 Å². The van der Waals surface area contributed by atoms with Crippen molar-refractivity contribution in [2.24, 2.45) is 7.05 Å². The van der Waals surface area contributed by atoms with Crippen LogP contribution < -0.4 is 9.27 Å². The third-order valence-electron chi connectivity index (χ3n) is 1.59. The fraction of sp³-hybridized carbons (Fsp3) is 0.625. The second-order valence-corrected chi connectivity index (χ2v) is 6.96. The van der Waals surface area contributed by atoms with E-state index in [0.29, 0.717) is 0 Å². The molecule has 0 N–H and O–H groups in total. The quantitative estimate of drug-likeness (QED) is 0.395. The Bertz CT molecular complexity index is 302. The van der Waals surface area contributed by atoms with Gasteiger partial charge in [0.05, 0.1) is 13.6 Å². The molecule has 0 aliphatic rings. The third kappa shape index (κ3) is 18.2. The van der Waals surface area contributed by atoms with E-state index < -0.39 is 20.3 Å². The Hall–Kier alpha value is -0.392. The van der Waals surface area contributed by atoms with Crippen molar-refractivity contribution in [3.8, 4) is 0 Å². The average Bonchev–Trinajstić information content (AvgIpc) is 2.43. The summed E-state index contributed by atoms with van der Waals surface area (Å²) in [5.74, 6) is 0. The molecule has 1 aromatic heterocycles. The molecule has 0 radical (unpaired) electrons. The van der Waals surface area contributed by atoms with Crippen molar-refractivity contribution in [2.45, 2.75) is 26.3 Å². The first kappa shape index (κ1) is 19.0. The summed E-state index contributed by atoms with van der Waals surface area (Å²) in [6, 6.07) is 0. The Balaban J connectivity index is 0. The van der Waals surface area contributed by atoms with E-state index in [9.17, 15) is 14.1 Å². The minimum absolute atomic E-state index is 0. The summed E-state index contributed by atoms with van der Waals surface area (Å²) in [7, 11) is 2.04. The number of aryl methyl sites for hydroxylation is 2. The maximum absolute atomic E-state index is 9.91. The summed E-state index contributed by atoms with van der Waals surface area (Å²) in [6.07, 6.45) is 8.82. The maximum atomic E-state index is 9.91. The number of aromatic nitrogens is 2. The molecule has 0 amide bonds. The van der Waals surface area contributed by atoms with E-state index in [0.717, 1.165) is 6.54 Å². The molecule has 1 aromatic rings. The van der Waals surface area contributed by atoms with Crippen LogP contribution in [0.3, 0.4) is 0 Å². The van der Waals surface area contributed by atoms with Crippen LogP contribution >= 0.6 is 0 Å². The van der Waals surface area contributed by atoms with Crippen molar-refractivity contribution in [3.05, 3.63) is 18.7 Å². The van der Waals surface area contributed by atoms with Crippen molar-refractivity contribution >= 4 is 20.3 Å². The standard InChI is InChI=1S/C8H15N2.6FH.Sb/c1-3-4-5-10-7-6-9(2)8-10;;;;;;;/h6-8H,3-5H2,1-2H3;6*1H;/q+1;;;;;;;+5/p-6. The molecule has 0 spiro atoms. The molecule has 1 rings (SSSR count). The van der Waals surface area contributed by atoms with Crippen LogP contribution in [0.1, 0.15) is 19.8 Å². The molecule has 104 valence electrons. The second-order valence-electron chi connectivity index (χ2n) is 3.31. The van der Waals surface area contributed by atoms with Crippen molar-refractivity contribution < 1.29 is 23.3 Å². The molecule has 0 unspecified atom stereocenters. The molecule has 0 saturated carbocycles. The zero-order chi connectivity index (χ0) is 12.8. The van der Waals surface area contributed by atoms with Gasteiger partial charge in [-0.25, -0.2) is 9.13 Å². The Kier molecular flexibility index (Phi) is 7.96. The molecule has 0 aromatic carbocycles. The van der Waals surface area contributed by atoms with E-state index in [2.05, 4.69) is 34.8 Å². The molecule has 2 nitrogen and oxygen atoms in total. The van der Waals surface area contributed by atoms with Crippen molar-refractivity contribution in [1.29, 1.82) is 0 Å². The number of nitrogens with zero attached hydrogens (tertiary/aromatic N) is 2. The van der Waals surface area contributed by atoms with E-state index in [-0.39, 0.29) is 4.70 Å². The molecule has 0 aliphatic heterocycles. The van der Waals surface area contributed by atoms with Gasteiger partial charge in [0.2, 0.25) is 6.33 Å². The van der Waals surface area contributed by atoms with Gasteiger partial charge in [-0.2, -0.15) is 0 Å². The van der Waals surface area contributed by atoms with Gasteiger partial charge < -0.3 is 4.70 Å². The molecule has 0 fully saturated rings. The molecule has 0 bridgehead atoms. The molecule has 0 atom stereocenters. The van der Waals surface area contributed by atoms with Crippen LogP contribution in [0, 0.1) is 0 Å². The topological polar surface area (TPSA) is 8.81 Å². The number of hydrogen-bond donors (Lipinski definition) is 0.